The molecule has 0 aliphatic carbocycles. The van der Waals surface area contributed by atoms with Gasteiger partial charge in [0.1, 0.15) is 10.2 Å². The van der Waals surface area contributed by atoms with Crippen molar-refractivity contribution in [1.82, 2.24) is 10.3 Å². The summed E-state index contributed by atoms with van der Waals surface area (Å²) in [6.07, 6.45) is 1.29. The van der Waals surface area contributed by atoms with Gasteiger partial charge in [0.2, 0.25) is 5.88 Å². The Balaban J connectivity index is -0.000000853. The van der Waals surface area contributed by atoms with Crippen LogP contribution in [0.2, 0.25) is 0 Å². The van der Waals surface area contributed by atoms with Crippen LogP contribution in [-0.2, 0) is 25.8 Å². The summed E-state index contributed by atoms with van der Waals surface area (Å²) in [6.45, 7) is 8.85. The van der Waals surface area contributed by atoms with Gasteiger partial charge < -0.3 is 34.5 Å². The number of carbonyl (C=O) groups excluding carboxylic acids is 1. The second kappa shape index (κ2) is 11.3. The Morgan fingerprint density at radius 1 is 1.58 bits per heavy atom. The van der Waals surface area contributed by atoms with Crippen LogP contribution in [-0.4, -0.2) is 35.0 Å². The molecule has 1 amide bonds. The first-order valence-electron chi connectivity index (χ1n) is 4.48. The fourth-order valence-corrected chi connectivity index (χ4v) is 1.33. The van der Waals surface area contributed by atoms with Crippen molar-refractivity contribution in [1.29, 1.82) is 0 Å². The molecule has 0 aliphatic rings. The van der Waals surface area contributed by atoms with Crippen LogP contribution < -0.4 is 10.1 Å². The molecule has 1 radical (unpaired) electrons. The number of aromatic nitrogens is 1. The number of rotatable bonds is 4. The maximum Gasteiger partial charge on any atom is 0.254 e. The monoisotopic (exact) mass is 363 g/mol. The Labute approximate surface area is 139 Å². The smallest absolute Gasteiger partial charge is 0.254 e. The summed E-state index contributed by atoms with van der Waals surface area (Å²) in [5, 5.41) is 2.57. The molecule has 5 N–H and O–H groups in total. The van der Waals surface area contributed by atoms with Crippen molar-refractivity contribution < 1.29 is 46.3 Å². The van der Waals surface area contributed by atoms with Gasteiger partial charge in [0.15, 0.2) is 0 Å². The molecule has 1 aromatic heterocycles. The number of hydrogen-bond acceptors (Lipinski definition) is 3. The Hall–Kier alpha value is -0.570. The quantitative estimate of drug-likeness (QED) is 0.605. The maximum absolute atomic E-state index is 11.7. The first kappa shape index (κ1) is 23.5. The number of carbonyl (C=O) groups is 1. The molecule has 105 valence electrons. The molecule has 1 heterocycles. The summed E-state index contributed by atoms with van der Waals surface area (Å²) in [6, 6.07) is 2.80. The molecule has 19 heavy (non-hydrogen) atoms. The van der Waals surface area contributed by atoms with Crippen molar-refractivity contribution in [3.63, 3.8) is 0 Å². The zero-order chi connectivity index (χ0) is 12.1. The zero-order valence-corrected chi connectivity index (χ0v) is 13.7. The van der Waals surface area contributed by atoms with Crippen molar-refractivity contribution in [3.05, 3.63) is 41.9 Å². The molecule has 0 saturated heterocycles. The van der Waals surface area contributed by atoms with Crippen molar-refractivity contribution in [2.75, 3.05) is 7.11 Å². The van der Waals surface area contributed by atoms with Gasteiger partial charge in [-0.15, -0.1) is 6.04 Å². The third-order valence-electron chi connectivity index (χ3n) is 1.81. The van der Waals surface area contributed by atoms with Crippen LogP contribution in [0.25, 0.3) is 0 Å². The summed E-state index contributed by atoms with van der Waals surface area (Å²) in [5.74, 6) is -0.0883. The van der Waals surface area contributed by atoms with E-state index in [0.29, 0.717) is 10.2 Å². The second-order valence-corrected chi connectivity index (χ2v) is 3.78. The maximum atomic E-state index is 11.7. The van der Waals surface area contributed by atoms with Gasteiger partial charge in [-0.3, -0.25) is 10.9 Å². The predicted molar refractivity (Wildman–Crippen MR) is 71.2 cm³/mol. The standard InChI is InChI=1S/C11H11BrN2O2.2H2O.Sc/c1-4-7(2)13-10(15)8-5-6-9(12)14-11(8)16-3;;;/h1,4-7H,2H2,3H3,(H,13,15);2*1H2;/q-2;;;/t7-;;;/m0.../s1. The molecule has 6 nitrogen and oxygen atoms in total. The van der Waals surface area contributed by atoms with E-state index in [9.17, 15) is 4.79 Å². The van der Waals surface area contributed by atoms with Crippen LogP contribution in [0.3, 0.4) is 0 Å². The SMILES string of the molecule is O.O.[CH-]=C[C@H]([CH2-])NC(=O)c1ccc(Br)nc1OC.[Sc]. The van der Waals surface area contributed by atoms with Crippen LogP contribution in [0, 0.1) is 13.5 Å². The van der Waals surface area contributed by atoms with E-state index in [4.69, 9.17) is 11.3 Å². The molecule has 0 saturated carbocycles. The van der Waals surface area contributed by atoms with Gasteiger partial charge in [-0.05, 0) is 28.1 Å². The van der Waals surface area contributed by atoms with Gasteiger partial charge in [0.25, 0.3) is 5.91 Å². The normalized spacial score (nSPS) is 9.84. The number of methoxy groups -OCH3 is 1. The molecule has 0 unspecified atom stereocenters. The van der Waals surface area contributed by atoms with E-state index in [1.54, 1.807) is 12.1 Å². The van der Waals surface area contributed by atoms with Gasteiger partial charge in [0, 0.05) is 25.8 Å². The second-order valence-electron chi connectivity index (χ2n) is 2.96. The van der Waals surface area contributed by atoms with E-state index in [-0.39, 0.29) is 48.6 Å². The van der Waals surface area contributed by atoms with Gasteiger partial charge >= 0.3 is 0 Å². The third-order valence-corrected chi connectivity index (χ3v) is 2.25. The topological polar surface area (TPSA) is 114 Å². The Morgan fingerprint density at radius 2 is 2.16 bits per heavy atom. The van der Waals surface area contributed by atoms with Crippen LogP contribution in [0.5, 0.6) is 5.88 Å². The van der Waals surface area contributed by atoms with Crippen LogP contribution in [0.1, 0.15) is 10.4 Å². The summed E-state index contributed by atoms with van der Waals surface area (Å²) in [7, 11) is 1.45. The number of halogens is 1. The first-order valence-corrected chi connectivity index (χ1v) is 5.27. The number of hydrogen-bond donors (Lipinski definition) is 1. The van der Waals surface area contributed by atoms with E-state index in [0.717, 1.165) is 0 Å². The molecule has 0 aliphatic heterocycles. The van der Waals surface area contributed by atoms with Gasteiger partial charge in [-0.2, -0.15) is 0 Å². The molecule has 1 atom stereocenters. The number of nitrogens with zero attached hydrogens (tertiary/aromatic N) is 1. The minimum absolute atomic E-state index is 0. The van der Waals surface area contributed by atoms with Gasteiger partial charge in [-0.1, -0.05) is 0 Å². The summed E-state index contributed by atoms with van der Waals surface area (Å²) in [5.41, 5.74) is 0.334. The largest absolute Gasteiger partial charge is 0.519 e. The molecule has 0 spiro atoms. The molecule has 1 aromatic rings. The molecule has 8 heteroatoms. The molecular formula is C11H15BrN2O4Sc-2. The number of pyridine rings is 1. The number of amides is 1. The zero-order valence-electron chi connectivity index (χ0n) is 10.3. The molecule has 0 bridgehead atoms. The van der Waals surface area contributed by atoms with Crippen LogP contribution in [0.15, 0.2) is 22.8 Å². The van der Waals surface area contributed by atoms with E-state index in [1.165, 1.54) is 13.2 Å². The Morgan fingerprint density at radius 3 is 2.63 bits per heavy atom. The molecule has 0 fully saturated rings. The summed E-state index contributed by atoms with van der Waals surface area (Å²) < 4.78 is 5.59. The average Bonchev–Trinajstić information content (AvgIpc) is 2.28. The third kappa shape index (κ3) is 6.95. The fourth-order valence-electron chi connectivity index (χ4n) is 1.04. The van der Waals surface area contributed by atoms with Gasteiger partial charge in [0.05, 0.1) is 7.11 Å². The van der Waals surface area contributed by atoms with Crippen molar-refractivity contribution >= 4 is 21.8 Å². The molecule has 1 rings (SSSR count). The fraction of sp³-hybridized carbons (Fsp3) is 0.182. The number of ether oxygens (including phenoxy) is 1. The predicted octanol–water partition coefficient (Wildman–Crippen LogP) is 0.122. The van der Waals surface area contributed by atoms with Crippen molar-refractivity contribution in [2.24, 2.45) is 0 Å². The van der Waals surface area contributed by atoms with E-state index < -0.39 is 6.04 Å². The van der Waals surface area contributed by atoms with Crippen molar-refractivity contribution in [2.45, 2.75) is 6.04 Å². The molecule has 0 aromatic carbocycles. The van der Waals surface area contributed by atoms with E-state index in [2.05, 4.69) is 33.2 Å². The minimum atomic E-state index is -0.458. The first-order chi connectivity index (χ1) is 7.58. The van der Waals surface area contributed by atoms with E-state index >= 15 is 0 Å². The van der Waals surface area contributed by atoms with Crippen LogP contribution in [0.4, 0.5) is 0 Å². The van der Waals surface area contributed by atoms with Crippen LogP contribution >= 0.6 is 15.9 Å². The average molecular weight is 364 g/mol. The van der Waals surface area contributed by atoms with E-state index in [1.807, 2.05) is 0 Å². The van der Waals surface area contributed by atoms with Gasteiger partial charge in [-0.25, -0.2) is 4.98 Å². The number of nitrogens with one attached hydrogen (secondary N) is 1. The minimum Gasteiger partial charge on any atom is -0.519 e. The summed E-state index contributed by atoms with van der Waals surface area (Å²) >= 11 is 3.19. The summed E-state index contributed by atoms with van der Waals surface area (Å²) in [4.78, 5) is 15.8. The Bertz CT molecular complexity index is 418. The Kier molecular flexibility index (Phi) is 14.0. The molecular weight excluding hydrogens is 349 g/mol. The van der Waals surface area contributed by atoms with Crippen molar-refractivity contribution in [3.8, 4) is 5.88 Å².